The summed E-state index contributed by atoms with van der Waals surface area (Å²) in [6.45, 7) is 3.05. The highest BCUT2D eigenvalue weighted by Crippen LogP contribution is 2.24. The summed E-state index contributed by atoms with van der Waals surface area (Å²) >= 11 is 0. The molecule has 1 aliphatic heterocycles. The van der Waals surface area contributed by atoms with Crippen LogP contribution in [0.3, 0.4) is 0 Å². The minimum atomic E-state index is -0.925. The average molecular weight is 222 g/mol. The van der Waals surface area contributed by atoms with Gasteiger partial charge in [-0.2, -0.15) is 0 Å². The van der Waals surface area contributed by atoms with E-state index in [0.717, 1.165) is 6.42 Å². The molecule has 16 heavy (non-hydrogen) atoms. The van der Waals surface area contributed by atoms with Crippen LogP contribution >= 0.6 is 0 Å². The molecule has 1 aliphatic rings. The largest absolute Gasteiger partial charge is 0.488 e. The minimum absolute atomic E-state index is 0.0442. The third-order valence-electron chi connectivity index (χ3n) is 2.70. The number of rotatable bonds is 3. The van der Waals surface area contributed by atoms with E-state index in [4.69, 9.17) is 14.6 Å². The van der Waals surface area contributed by atoms with Gasteiger partial charge in [0.2, 0.25) is 0 Å². The molecule has 0 bridgehead atoms. The van der Waals surface area contributed by atoms with Crippen molar-refractivity contribution in [2.75, 3.05) is 13.2 Å². The first-order valence-corrected chi connectivity index (χ1v) is 5.26. The predicted molar refractivity (Wildman–Crippen MR) is 58.0 cm³/mol. The van der Waals surface area contributed by atoms with Gasteiger partial charge in [-0.15, -0.1) is 0 Å². The molecule has 2 rings (SSSR count). The second-order valence-corrected chi connectivity index (χ2v) is 3.84. The van der Waals surface area contributed by atoms with E-state index in [1.54, 1.807) is 25.1 Å². The van der Waals surface area contributed by atoms with Gasteiger partial charge in [0.1, 0.15) is 11.9 Å². The normalized spacial score (nSPS) is 19.7. The highest BCUT2D eigenvalue weighted by molar-refractivity contribution is 5.90. The van der Waals surface area contributed by atoms with Crippen LogP contribution in [0.1, 0.15) is 22.3 Å². The van der Waals surface area contributed by atoms with Crippen LogP contribution in [0.25, 0.3) is 0 Å². The second-order valence-electron chi connectivity index (χ2n) is 3.84. The Morgan fingerprint density at radius 2 is 2.38 bits per heavy atom. The molecule has 0 aromatic heterocycles. The Bertz CT molecular complexity index is 394. The molecule has 0 saturated carbocycles. The zero-order valence-electron chi connectivity index (χ0n) is 9.10. The number of hydrogen-bond acceptors (Lipinski definition) is 3. The van der Waals surface area contributed by atoms with Gasteiger partial charge < -0.3 is 14.6 Å². The quantitative estimate of drug-likeness (QED) is 0.848. The predicted octanol–water partition coefficient (Wildman–Crippen LogP) is 1.86. The summed E-state index contributed by atoms with van der Waals surface area (Å²) in [5, 5.41) is 8.97. The maximum absolute atomic E-state index is 10.9. The molecule has 1 aromatic rings. The van der Waals surface area contributed by atoms with Gasteiger partial charge in [-0.25, -0.2) is 4.79 Å². The number of carboxylic acids is 1. The van der Waals surface area contributed by atoms with Crippen molar-refractivity contribution in [3.63, 3.8) is 0 Å². The SMILES string of the molecule is Cc1c(OC2CCOC2)cccc1C(=O)O. The molecule has 1 heterocycles. The molecule has 1 saturated heterocycles. The monoisotopic (exact) mass is 222 g/mol. The Hall–Kier alpha value is -1.55. The molecule has 86 valence electrons. The Morgan fingerprint density at radius 1 is 1.56 bits per heavy atom. The van der Waals surface area contributed by atoms with E-state index in [1.807, 2.05) is 0 Å². The number of aromatic carboxylic acids is 1. The van der Waals surface area contributed by atoms with E-state index in [9.17, 15) is 4.79 Å². The van der Waals surface area contributed by atoms with Crippen molar-refractivity contribution in [2.24, 2.45) is 0 Å². The average Bonchev–Trinajstić information content (AvgIpc) is 2.73. The van der Waals surface area contributed by atoms with Crippen LogP contribution in [-0.4, -0.2) is 30.4 Å². The zero-order chi connectivity index (χ0) is 11.5. The second kappa shape index (κ2) is 4.53. The van der Waals surface area contributed by atoms with Crippen molar-refractivity contribution < 1.29 is 19.4 Å². The fourth-order valence-corrected chi connectivity index (χ4v) is 1.76. The summed E-state index contributed by atoms with van der Waals surface area (Å²) in [5.41, 5.74) is 0.957. The van der Waals surface area contributed by atoms with Gasteiger partial charge in [-0.05, 0) is 19.1 Å². The van der Waals surface area contributed by atoms with Crippen molar-refractivity contribution in [3.05, 3.63) is 29.3 Å². The molecule has 1 unspecified atom stereocenters. The lowest BCUT2D eigenvalue weighted by Crippen LogP contribution is -2.17. The molecule has 1 fully saturated rings. The fraction of sp³-hybridized carbons (Fsp3) is 0.417. The van der Waals surface area contributed by atoms with E-state index < -0.39 is 5.97 Å². The first-order chi connectivity index (χ1) is 7.68. The summed E-state index contributed by atoms with van der Waals surface area (Å²) in [5.74, 6) is -0.291. The van der Waals surface area contributed by atoms with Gasteiger partial charge in [0, 0.05) is 12.0 Å². The van der Waals surface area contributed by atoms with Gasteiger partial charge in [0.25, 0.3) is 0 Å². The highest BCUT2D eigenvalue weighted by atomic mass is 16.5. The number of ether oxygens (including phenoxy) is 2. The maximum Gasteiger partial charge on any atom is 0.336 e. The van der Waals surface area contributed by atoms with E-state index in [1.165, 1.54) is 0 Å². The third kappa shape index (κ3) is 2.17. The van der Waals surface area contributed by atoms with Gasteiger partial charge in [0.05, 0.1) is 18.8 Å². The van der Waals surface area contributed by atoms with Crippen LogP contribution in [-0.2, 0) is 4.74 Å². The topological polar surface area (TPSA) is 55.8 Å². The van der Waals surface area contributed by atoms with Crippen LogP contribution in [0.2, 0.25) is 0 Å². The number of carboxylic acid groups (broad SMARTS) is 1. The fourth-order valence-electron chi connectivity index (χ4n) is 1.76. The summed E-state index contributed by atoms with van der Waals surface area (Å²) in [6, 6.07) is 5.07. The van der Waals surface area contributed by atoms with Gasteiger partial charge in [-0.1, -0.05) is 6.07 Å². The van der Waals surface area contributed by atoms with Gasteiger partial charge in [0.15, 0.2) is 0 Å². The summed E-state index contributed by atoms with van der Waals surface area (Å²) in [4.78, 5) is 10.9. The standard InChI is InChI=1S/C12H14O4/c1-8-10(12(13)14)3-2-4-11(8)16-9-5-6-15-7-9/h2-4,9H,5-7H2,1H3,(H,13,14). The van der Waals surface area contributed by atoms with Crippen LogP contribution in [0.5, 0.6) is 5.75 Å². The van der Waals surface area contributed by atoms with E-state index in [-0.39, 0.29) is 11.7 Å². The van der Waals surface area contributed by atoms with Crippen LogP contribution < -0.4 is 4.74 Å². The van der Waals surface area contributed by atoms with E-state index in [2.05, 4.69) is 0 Å². The molecule has 1 aromatic carbocycles. The van der Waals surface area contributed by atoms with Gasteiger partial charge in [-0.3, -0.25) is 0 Å². The van der Waals surface area contributed by atoms with Gasteiger partial charge >= 0.3 is 5.97 Å². The Balaban J connectivity index is 2.20. The molecule has 1 atom stereocenters. The molecule has 0 amide bonds. The molecular formula is C12H14O4. The summed E-state index contributed by atoms with van der Waals surface area (Å²) < 4.78 is 10.9. The lowest BCUT2D eigenvalue weighted by molar-refractivity contribution is 0.0695. The Labute approximate surface area is 93.8 Å². The summed E-state index contributed by atoms with van der Waals surface area (Å²) in [6.07, 6.45) is 0.902. The lowest BCUT2D eigenvalue weighted by Gasteiger charge is -2.14. The third-order valence-corrected chi connectivity index (χ3v) is 2.70. The molecule has 1 N–H and O–H groups in total. The molecular weight excluding hydrogens is 208 g/mol. The van der Waals surface area contributed by atoms with E-state index in [0.29, 0.717) is 24.5 Å². The van der Waals surface area contributed by atoms with Crippen LogP contribution in [0.4, 0.5) is 0 Å². The van der Waals surface area contributed by atoms with Crippen LogP contribution in [0.15, 0.2) is 18.2 Å². The smallest absolute Gasteiger partial charge is 0.336 e. The molecule has 4 heteroatoms. The Kier molecular flexibility index (Phi) is 3.10. The molecule has 4 nitrogen and oxygen atoms in total. The number of carbonyl (C=O) groups is 1. The highest BCUT2D eigenvalue weighted by Gasteiger charge is 2.19. The number of benzene rings is 1. The van der Waals surface area contributed by atoms with E-state index >= 15 is 0 Å². The molecule has 0 radical (unpaired) electrons. The lowest BCUT2D eigenvalue weighted by atomic mass is 10.1. The minimum Gasteiger partial charge on any atom is -0.488 e. The van der Waals surface area contributed by atoms with Crippen LogP contribution in [0, 0.1) is 6.92 Å². The zero-order valence-corrected chi connectivity index (χ0v) is 9.10. The number of hydrogen-bond donors (Lipinski definition) is 1. The Morgan fingerprint density at radius 3 is 3.00 bits per heavy atom. The van der Waals surface area contributed by atoms with Crippen molar-refractivity contribution in [2.45, 2.75) is 19.4 Å². The maximum atomic E-state index is 10.9. The molecule has 0 spiro atoms. The van der Waals surface area contributed by atoms with Crippen molar-refractivity contribution >= 4 is 5.97 Å². The van der Waals surface area contributed by atoms with Crippen molar-refractivity contribution in [1.82, 2.24) is 0 Å². The van der Waals surface area contributed by atoms with Crippen molar-refractivity contribution in [3.8, 4) is 5.75 Å². The first kappa shape index (κ1) is 11.0. The first-order valence-electron chi connectivity index (χ1n) is 5.26. The summed E-state index contributed by atoms with van der Waals surface area (Å²) in [7, 11) is 0. The molecule has 0 aliphatic carbocycles. The van der Waals surface area contributed by atoms with Crippen molar-refractivity contribution in [1.29, 1.82) is 0 Å².